The lowest BCUT2D eigenvalue weighted by atomic mass is 10.3. The number of nitrogens with zero attached hydrogens (tertiary/aromatic N) is 2. The number of benzene rings is 1. The molecule has 2 N–H and O–H groups in total. The third-order valence-electron chi connectivity index (χ3n) is 3.41. The Bertz CT molecular complexity index is 477. The maximum atomic E-state index is 13.1. The first-order chi connectivity index (χ1) is 10.1. The number of urea groups is 1. The Morgan fingerprint density at radius 3 is 2.27 bits per heavy atom. The van der Waals surface area contributed by atoms with E-state index in [4.69, 9.17) is 5.11 Å². The molecule has 1 aromatic carbocycles. The van der Waals surface area contributed by atoms with Gasteiger partial charge in [-0.15, -0.1) is 24.0 Å². The van der Waals surface area contributed by atoms with Crippen LogP contribution in [0.5, 0.6) is 0 Å². The Balaban J connectivity index is 0.00000242. The van der Waals surface area contributed by atoms with E-state index in [1.807, 2.05) is 0 Å². The third-order valence-corrected chi connectivity index (χ3v) is 3.41. The summed E-state index contributed by atoms with van der Waals surface area (Å²) in [5.74, 6) is -1.45. The van der Waals surface area contributed by atoms with Gasteiger partial charge in [0.15, 0.2) is 0 Å². The van der Waals surface area contributed by atoms with Crippen LogP contribution in [0.1, 0.15) is 6.42 Å². The summed E-state index contributed by atoms with van der Waals surface area (Å²) in [5, 5.41) is 11.3. The van der Waals surface area contributed by atoms with Gasteiger partial charge >= 0.3 is 6.03 Å². The summed E-state index contributed by atoms with van der Waals surface area (Å²) >= 11 is 0. The van der Waals surface area contributed by atoms with Crippen LogP contribution >= 0.6 is 24.0 Å². The van der Waals surface area contributed by atoms with Crippen molar-refractivity contribution < 1.29 is 18.7 Å². The van der Waals surface area contributed by atoms with E-state index in [0.717, 1.165) is 44.3 Å². The molecule has 1 aliphatic rings. The Hall–Kier alpha value is -1.00. The number of nitrogens with one attached hydrogen (secondary N) is 1. The molecule has 0 unspecified atom stereocenters. The molecule has 0 spiro atoms. The molecule has 1 fully saturated rings. The molecular formula is C14H20F2IN3O2. The normalized spacial score (nSPS) is 15.3. The minimum absolute atomic E-state index is 0. The van der Waals surface area contributed by atoms with Gasteiger partial charge in [-0.25, -0.2) is 13.6 Å². The Kier molecular flexibility index (Phi) is 7.97. The van der Waals surface area contributed by atoms with E-state index in [2.05, 4.69) is 10.2 Å². The van der Waals surface area contributed by atoms with Crippen LogP contribution < -0.4 is 5.32 Å². The van der Waals surface area contributed by atoms with E-state index in [1.54, 1.807) is 4.90 Å². The summed E-state index contributed by atoms with van der Waals surface area (Å²) in [6, 6.07) is 2.56. The zero-order chi connectivity index (χ0) is 15.2. The van der Waals surface area contributed by atoms with Gasteiger partial charge in [0.05, 0.1) is 0 Å². The number of rotatable bonds is 4. The molecule has 1 aliphatic heterocycles. The highest BCUT2D eigenvalue weighted by Crippen LogP contribution is 2.14. The van der Waals surface area contributed by atoms with Crippen molar-refractivity contribution >= 4 is 35.7 Å². The number of piperazine rings is 1. The Morgan fingerprint density at radius 1 is 1.14 bits per heavy atom. The first kappa shape index (κ1) is 19.0. The number of amides is 2. The van der Waals surface area contributed by atoms with Crippen LogP contribution in [-0.4, -0.2) is 60.3 Å². The van der Waals surface area contributed by atoms with Crippen LogP contribution in [-0.2, 0) is 0 Å². The lowest BCUT2D eigenvalue weighted by Crippen LogP contribution is -2.50. The fraction of sp³-hybridized carbons (Fsp3) is 0.500. The number of aliphatic hydroxyl groups is 1. The predicted octanol–water partition coefficient (Wildman–Crippen LogP) is 2.11. The number of hydrogen-bond donors (Lipinski definition) is 2. The molecule has 0 atom stereocenters. The van der Waals surface area contributed by atoms with Gasteiger partial charge in [-0.3, -0.25) is 4.90 Å². The van der Waals surface area contributed by atoms with Crippen LogP contribution in [0.3, 0.4) is 0 Å². The average Bonchev–Trinajstić information content (AvgIpc) is 2.44. The topological polar surface area (TPSA) is 55.8 Å². The van der Waals surface area contributed by atoms with E-state index in [0.29, 0.717) is 13.1 Å². The van der Waals surface area contributed by atoms with Crippen LogP contribution in [0.2, 0.25) is 0 Å². The molecule has 0 aliphatic carbocycles. The second-order valence-corrected chi connectivity index (χ2v) is 4.99. The maximum absolute atomic E-state index is 13.1. The molecule has 1 heterocycles. The number of anilines is 1. The standard InChI is InChI=1S/C14H19F2N3O2.HI/c15-11-8-12(16)10-13(9-11)17-14(21)19-5-3-18(4-6-19)2-1-7-20;/h8-10,20H,1-7H2,(H,17,21);1H. The van der Waals surface area contributed by atoms with Crippen molar-refractivity contribution in [2.24, 2.45) is 0 Å². The van der Waals surface area contributed by atoms with Gasteiger partial charge in [0, 0.05) is 51.1 Å². The molecule has 0 bridgehead atoms. The summed E-state index contributed by atoms with van der Waals surface area (Å²) in [5.41, 5.74) is 0.111. The molecule has 1 aromatic rings. The largest absolute Gasteiger partial charge is 0.396 e. The van der Waals surface area contributed by atoms with Gasteiger partial charge in [0.2, 0.25) is 0 Å². The second kappa shape index (κ2) is 9.21. The van der Waals surface area contributed by atoms with E-state index < -0.39 is 11.6 Å². The van der Waals surface area contributed by atoms with Crippen LogP contribution in [0.4, 0.5) is 19.3 Å². The smallest absolute Gasteiger partial charge is 0.321 e. The molecule has 0 aromatic heterocycles. The summed E-state index contributed by atoms with van der Waals surface area (Å²) in [4.78, 5) is 15.8. The Morgan fingerprint density at radius 2 is 1.73 bits per heavy atom. The van der Waals surface area contributed by atoms with Crippen LogP contribution in [0, 0.1) is 11.6 Å². The van der Waals surface area contributed by atoms with Gasteiger partial charge in [0.25, 0.3) is 0 Å². The second-order valence-electron chi connectivity index (χ2n) is 4.99. The van der Waals surface area contributed by atoms with Gasteiger partial charge in [-0.2, -0.15) is 0 Å². The molecule has 0 radical (unpaired) electrons. The van der Waals surface area contributed by atoms with Gasteiger partial charge in [-0.1, -0.05) is 0 Å². The summed E-state index contributed by atoms with van der Waals surface area (Å²) in [6.07, 6.45) is 0.717. The van der Waals surface area contributed by atoms with Crippen molar-refractivity contribution in [1.82, 2.24) is 9.80 Å². The third kappa shape index (κ3) is 5.65. The zero-order valence-electron chi connectivity index (χ0n) is 12.1. The van der Waals surface area contributed by atoms with Crippen molar-refractivity contribution in [3.63, 3.8) is 0 Å². The minimum Gasteiger partial charge on any atom is -0.396 e. The predicted molar refractivity (Wildman–Crippen MR) is 90.5 cm³/mol. The van der Waals surface area contributed by atoms with Crippen molar-refractivity contribution in [1.29, 1.82) is 0 Å². The molecule has 124 valence electrons. The van der Waals surface area contributed by atoms with Gasteiger partial charge in [0.1, 0.15) is 11.6 Å². The van der Waals surface area contributed by atoms with Gasteiger partial charge < -0.3 is 15.3 Å². The molecule has 0 saturated carbocycles. The highest BCUT2D eigenvalue weighted by atomic mass is 127. The molecule has 2 rings (SSSR count). The van der Waals surface area contributed by atoms with Crippen molar-refractivity contribution in [2.75, 3.05) is 44.6 Å². The van der Waals surface area contributed by atoms with E-state index in [-0.39, 0.29) is 42.3 Å². The fourth-order valence-corrected chi connectivity index (χ4v) is 2.30. The molecule has 5 nitrogen and oxygen atoms in total. The molecule has 8 heteroatoms. The van der Waals surface area contributed by atoms with Crippen LogP contribution in [0.15, 0.2) is 18.2 Å². The first-order valence-electron chi connectivity index (χ1n) is 6.94. The van der Waals surface area contributed by atoms with E-state index in [1.165, 1.54) is 0 Å². The highest BCUT2D eigenvalue weighted by molar-refractivity contribution is 14.0. The maximum Gasteiger partial charge on any atom is 0.321 e. The molecule has 2 amide bonds. The fourth-order valence-electron chi connectivity index (χ4n) is 2.30. The number of aliphatic hydroxyl groups excluding tert-OH is 1. The summed E-state index contributed by atoms with van der Waals surface area (Å²) < 4.78 is 26.1. The summed E-state index contributed by atoms with van der Waals surface area (Å²) in [7, 11) is 0. The number of carbonyl (C=O) groups is 1. The van der Waals surface area contributed by atoms with Gasteiger partial charge in [-0.05, 0) is 18.6 Å². The van der Waals surface area contributed by atoms with E-state index >= 15 is 0 Å². The SMILES string of the molecule is I.O=C(Nc1cc(F)cc(F)c1)N1CCN(CCCO)CC1. The Labute approximate surface area is 145 Å². The lowest BCUT2D eigenvalue weighted by Gasteiger charge is -2.34. The molecular weight excluding hydrogens is 407 g/mol. The minimum atomic E-state index is -0.723. The number of halogens is 3. The molecule has 22 heavy (non-hydrogen) atoms. The van der Waals surface area contributed by atoms with Crippen LogP contribution in [0.25, 0.3) is 0 Å². The average molecular weight is 427 g/mol. The number of carbonyl (C=O) groups excluding carboxylic acids is 1. The van der Waals surface area contributed by atoms with Crippen molar-refractivity contribution in [3.05, 3.63) is 29.8 Å². The monoisotopic (exact) mass is 427 g/mol. The molecule has 1 saturated heterocycles. The summed E-state index contributed by atoms with van der Waals surface area (Å²) in [6.45, 7) is 3.52. The van der Waals surface area contributed by atoms with Crippen molar-refractivity contribution in [2.45, 2.75) is 6.42 Å². The quantitative estimate of drug-likeness (QED) is 0.725. The lowest BCUT2D eigenvalue weighted by molar-refractivity contribution is 0.139. The van der Waals surface area contributed by atoms with E-state index in [9.17, 15) is 13.6 Å². The number of hydrogen-bond acceptors (Lipinski definition) is 3. The van der Waals surface area contributed by atoms with Crippen molar-refractivity contribution in [3.8, 4) is 0 Å². The first-order valence-corrected chi connectivity index (χ1v) is 6.94. The highest BCUT2D eigenvalue weighted by Gasteiger charge is 2.20. The zero-order valence-corrected chi connectivity index (χ0v) is 14.4.